The van der Waals surface area contributed by atoms with Crippen LogP contribution in [0.5, 0.6) is 0 Å². The predicted molar refractivity (Wildman–Crippen MR) is 81.8 cm³/mol. The molecule has 3 nitrogen and oxygen atoms in total. The Morgan fingerprint density at radius 3 is 2.80 bits per heavy atom. The second kappa shape index (κ2) is 4.49. The third-order valence-corrected chi connectivity index (χ3v) is 4.60. The highest BCUT2D eigenvalue weighted by atomic mass is 32.2. The zero-order valence-electron chi connectivity index (χ0n) is 10.7. The first-order valence-electron chi connectivity index (χ1n) is 6.57. The Bertz CT molecular complexity index is 870. The van der Waals surface area contributed by atoms with E-state index in [0.717, 1.165) is 34.1 Å². The number of aromatic nitrogens is 2. The summed E-state index contributed by atoms with van der Waals surface area (Å²) >= 11 is 1.78. The molecule has 0 radical (unpaired) electrons. The smallest absolute Gasteiger partial charge is 0.266 e. The zero-order valence-corrected chi connectivity index (χ0v) is 11.6. The lowest BCUT2D eigenvalue weighted by molar-refractivity contribution is 0.836. The van der Waals surface area contributed by atoms with Gasteiger partial charge < -0.3 is 0 Å². The fraction of sp³-hybridized carbons (Fsp3) is 0.125. The van der Waals surface area contributed by atoms with Gasteiger partial charge in [0, 0.05) is 17.1 Å². The molecule has 0 aliphatic carbocycles. The lowest BCUT2D eigenvalue weighted by Crippen LogP contribution is -2.23. The van der Waals surface area contributed by atoms with Crippen molar-refractivity contribution in [3.05, 3.63) is 64.7 Å². The molecule has 1 aliphatic heterocycles. The van der Waals surface area contributed by atoms with E-state index in [1.54, 1.807) is 16.3 Å². The number of hydrogen-bond donors (Lipinski definition) is 0. The normalized spacial score (nSPS) is 13.6. The van der Waals surface area contributed by atoms with Crippen molar-refractivity contribution in [3.8, 4) is 5.69 Å². The van der Waals surface area contributed by atoms with Crippen molar-refractivity contribution in [2.75, 3.05) is 5.75 Å². The van der Waals surface area contributed by atoms with Gasteiger partial charge in [0.25, 0.3) is 5.56 Å². The molecule has 0 atom stereocenters. The summed E-state index contributed by atoms with van der Waals surface area (Å²) in [6.07, 6.45) is 0.805. The summed E-state index contributed by atoms with van der Waals surface area (Å²) in [5.41, 5.74) is 1.77. The molecule has 2 heterocycles. The summed E-state index contributed by atoms with van der Waals surface area (Å²) in [7, 11) is 0. The van der Waals surface area contributed by atoms with Gasteiger partial charge in [0.2, 0.25) is 0 Å². The minimum absolute atomic E-state index is 0.0283. The second-order valence-electron chi connectivity index (χ2n) is 4.75. The van der Waals surface area contributed by atoms with Gasteiger partial charge in [-0.05, 0) is 24.3 Å². The van der Waals surface area contributed by atoms with E-state index in [2.05, 4.69) is 11.1 Å². The summed E-state index contributed by atoms with van der Waals surface area (Å²) in [5, 5.41) is 0.679. The molecule has 0 bridgehead atoms. The first-order valence-corrected chi connectivity index (χ1v) is 7.56. The van der Waals surface area contributed by atoms with Gasteiger partial charge in [-0.15, -0.1) is 11.8 Å². The lowest BCUT2D eigenvalue weighted by Gasteiger charge is -2.12. The number of rotatable bonds is 0. The number of benzene rings is 2. The van der Waals surface area contributed by atoms with E-state index in [1.807, 2.05) is 42.5 Å². The first-order chi connectivity index (χ1) is 9.84. The van der Waals surface area contributed by atoms with Crippen molar-refractivity contribution in [1.29, 1.82) is 0 Å². The summed E-state index contributed by atoms with van der Waals surface area (Å²) in [6.45, 7) is 0. The molecule has 0 saturated carbocycles. The maximum absolute atomic E-state index is 12.8. The highest BCUT2D eigenvalue weighted by Gasteiger charge is 2.18. The van der Waals surface area contributed by atoms with Crippen LogP contribution in [0, 0.1) is 0 Å². The molecular weight excluding hydrogens is 268 g/mol. The maximum Gasteiger partial charge on any atom is 0.266 e. The molecule has 0 saturated heterocycles. The van der Waals surface area contributed by atoms with Gasteiger partial charge >= 0.3 is 0 Å². The zero-order chi connectivity index (χ0) is 13.5. The Balaban J connectivity index is 2.16. The molecule has 0 N–H and O–H groups in total. The van der Waals surface area contributed by atoms with Crippen LogP contribution in [0.1, 0.15) is 5.82 Å². The fourth-order valence-corrected chi connectivity index (χ4v) is 3.60. The third-order valence-electron chi connectivity index (χ3n) is 3.53. The Kier molecular flexibility index (Phi) is 2.63. The largest absolute Gasteiger partial charge is 0.268 e. The van der Waals surface area contributed by atoms with Gasteiger partial charge in [0.05, 0.1) is 16.6 Å². The quantitative estimate of drug-likeness (QED) is 0.635. The standard InChI is InChI=1S/C16H12N2OS/c19-16-11-5-1-2-6-12(11)17-15-9-10-20-14-8-4-3-7-13(14)18(15)16/h1-8H,9-10H2. The summed E-state index contributed by atoms with van der Waals surface area (Å²) in [4.78, 5) is 18.6. The third kappa shape index (κ3) is 1.68. The Hall–Kier alpha value is -2.07. The molecule has 3 aromatic rings. The molecule has 1 aromatic heterocycles. The molecule has 0 unspecified atom stereocenters. The van der Waals surface area contributed by atoms with Crippen LogP contribution in [0.15, 0.2) is 58.2 Å². The van der Waals surface area contributed by atoms with E-state index < -0.39 is 0 Å². The second-order valence-corrected chi connectivity index (χ2v) is 5.89. The van der Waals surface area contributed by atoms with Crippen LogP contribution >= 0.6 is 11.8 Å². The van der Waals surface area contributed by atoms with Gasteiger partial charge in [0.1, 0.15) is 5.82 Å². The van der Waals surface area contributed by atoms with Crippen LogP contribution in [-0.2, 0) is 6.42 Å². The molecule has 1 aliphatic rings. The number of thioether (sulfide) groups is 1. The average Bonchev–Trinajstić information content (AvgIpc) is 2.67. The number of para-hydroxylation sites is 2. The minimum atomic E-state index is 0.0283. The lowest BCUT2D eigenvalue weighted by atomic mass is 10.2. The molecule has 0 amide bonds. The van der Waals surface area contributed by atoms with Crippen molar-refractivity contribution in [2.45, 2.75) is 11.3 Å². The van der Waals surface area contributed by atoms with Crippen LogP contribution in [0.25, 0.3) is 16.6 Å². The molecule has 4 rings (SSSR count). The Morgan fingerprint density at radius 1 is 1.05 bits per heavy atom. The monoisotopic (exact) mass is 280 g/mol. The van der Waals surface area contributed by atoms with E-state index in [0.29, 0.717) is 5.39 Å². The van der Waals surface area contributed by atoms with Crippen LogP contribution < -0.4 is 5.56 Å². The summed E-state index contributed by atoms with van der Waals surface area (Å²) < 4.78 is 1.78. The number of nitrogens with zero attached hydrogens (tertiary/aromatic N) is 2. The van der Waals surface area contributed by atoms with Gasteiger partial charge in [-0.1, -0.05) is 24.3 Å². The number of hydrogen-bond acceptors (Lipinski definition) is 3. The van der Waals surface area contributed by atoms with Crippen LogP contribution in [0.3, 0.4) is 0 Å². The topological polar surface area (TPSA) is 34.9 Å². The van der Waals surface area contributed by atoms with Gasteiger partial charge in [-0.2, -0.15) is 0 Å². The molecule has 0 spiro atoms. The minimum Gasteiger partial charge on any atom is -0.268 e. The maximum atomic E-state index is 12.8. The molecular formula is C16H12N2OS. The van der Waals surface area contributed by atoms with E-state index >= 15 is 0 Å². The predicted octanol–water partition coefficient (Wildman–Crippen LogP) is 3.03. The van der Waals surface area contributed by atoms with Crippen molar-refractivity contribution >= 4 is 22.7 Å². The molecule has 20 heavy (non-hydrogen) atoms. The highest BCUT2D eigenvalue weighted by Crippen LogP contribution is 2.29. The van der Waals surface area contributed by atoms with E-state index in [-0.39, 0.29) is 5.56 Å². The molecule has 2 aromatic carbocycles. The fourth-order valence-electron chi connectivity index (χ4n) is 2.61. The first kappa shape index (κ1) is 11.7. The van der Waals surface area contributed by atoms with E-state index in [4.69, 9.17) is 0 Å². The van der Waals surface area contributed by atoms with Crippen molar-refractivity contribution in [1.82, 2.24) is 9.55 Å². The molecule has 98 valence electrons. The van der Waals surface area contributed by atoms with Crippen LogP contribution in [0.4, 0.5) is 0 Å². The van der Waals surface area contributed by atoms with Crippen molar-refractivity contribution in [2.24, 2.45) is 0 Å². The molecule has 4 heteroatoms. The highest BCUT2D eigenvalue weighted by molar-refractivity contribution is 7.99. The van der Waals surface area contributed by atoms with Gasteiger partial charge in [-0.25, -0.2) is 4.98 Å². The Morgan fingerprint density at radius 2 is 1.85 bits per heavy atom. The van der Waals surface area contributed by atoms with Gasteiger partial charge in [0.15, 0.2) is 0 Å². The van der Waals surface area contributed by atoms with E-state index in [1.165, 1.54) is 0 Å². The summed E-state index contributed by atoms with van der Waals surface area (Å²) in [6, 6.07) is 15.6. The Labute approximate surface area is 120 Å². The van der Waals surface area contributed by atoms with Crippen LogP contribution in [-0.4, -0.2) is 15.3 Å². The van der Waals surface area contributed by atoms with Crippen LogP contribution in [0.2, 0.25) is 0 Å². The van der Waals surface area contributed by atoms with Crippen molar-refractivity contribution < 1.29 is 0 Å². The number of aryl methyl sites for hydroxylation is 1. The average molecular weight is 280 g/mol. The van der Waals surface area contributed by atoms with Crippen molar-refractivity contribution in [3.63, 3.8) is 0 Å². The van der Waals surface area contributed by atoms with Gasteiger partial charge in [-0.3, -0.25) is 9.36 Å². The van der Waals surface area contributed by atoms with E-state index in [9.17, 15) is 4.79 Å². The number of fused-ring (bicyclic) bond motifs is 4. The SMILES string of the molecule is O=c1c2ccccc2nc2n1-c1ccccc1SCC2. The summed E-state index contributed by atoms with van der Waals surface area (Å²) in [5.74, 6) is 1.80. The molecule has 0 fully saturated rings.